The van der Waals surface area contributed by atoms with Gasteiger partial charge in [0.1, 0.15) is 18.0 Å². The molecule has 7 aromatic heterocycles. The van der Waals surface area contributed by atoms with Gasteiger partial charge in [0.05, 0.1) is 17.9 Å². The molecule has 0 unspecified atom stereocenters. The van der Waals surface area contributed by atoms with E-state index in [1.54, 1.807) is 61.5 Å². The average Bonchev–Trinajstić information content (AvgIpc) is 1.75. The molecule has 0 saturated heterocycles. The van der Waals surface area contributed by atoms with E-state index >= 15 is 0 Å². The van der Waals surface area contributed by atoms with Crippen molar-refractivity contribution in [1.82, 2.24) is 55.1 Å². The Balaban J connectivity index is 0. The van der Waals surface area contributed by atoms with E-state index in [2.05, 4.69) is 403 Å². The van der Waals surface area contributed by atoms with E-state index in [-0.39, 0.29) is 69.0 Å². The van der Waals surface area contributed by atoms with Crippen molar-refractivity contribution in [2.45, 2.75) is 327 Å². The molecule has 0 atom stereocenters. The van der Waals surface area contributed by atoms with E-state index in [1.165, 1.54) is 28.3 Å². The van der Waals surface area contributed by atoms with Crippen LogP contribution in [0.25, 0.3) is 0 Å². The van der Waals surface area contributed by atoms with Crippen molar-refractivity contribution >= 4 is 23.5 Å². The van der Waals surface area contributed by atoms with Gasteiger partial charge in [-0.15, -0.1) is 0 Å². The first-order valence-corrected chi connectivity index (χ1v) is 40.7. The highest BCUT2D eigenvalue weighted by Gasteiger charge is 2.24. The number of aromatic nitrogens is 11. The highest BCUT2D eigenvalue weighted by atomic mass is 15.1. The van der Waals surface area contributed by atoms with Crippen LogP contribution in [-0.4, -0.2) is 85.1 Å². The number of aliphatic imine (C=N–C) groups is 4. The van der Waals surface area contributed by atoms with Gasteiger partial charge in [-0.2, -0.15) is 10.2 Å². The molecular formula is C102H161N15. The lowest BCUT2D eigenvalue weighted by atomic mass is 9.86. The summed E-state index contributed by atoms with van der Waals surface area (Å²) in [5.41, 5.74) is 14.8. The smallest absolute Gasteiger partial charge is 0.133 e. The Morgan fingerprint density at radius 3 is 0.957 bits per heavy atom. The Morgan fingerprint density at radius 1 is 0.299 bits per heavy atom. The first kappa shape index (κ1) is 110. The fourth-order valence-corrected chi connectivity index (χ4v) is 9.54. The molecular weight excluding hydrogens is 1440 g/mol. The Labute approximate surface area is 714 Å². The van der Waals surface area contributed by atoms with Gasteiger partial charge in [0.15, 0.2) is 0 Å². The molecule has 0 bridgehead atoms. The predicted molar refractivity (Wildman–Crippen MR) is 510 cm³/mol. The van der Waals surface area contributed by atoms with E-state index in [4.69, 9.17) is 0 Å². The Bertz CT molecular complexity index is 3500. The molecule has 15 nitrogen and oxygen atoms in total. The molecule has 1 aromatic carbocycles. The molecule has 0 amide bonds. The summed E-state index contributed by atoms with van der Waals surface area (Å²) in [5.74, 6) is 1.94. The van der Waals surface area contributed by atoms with Gasteiger partial charge >= 0.3 is 0 Å². The molecule has 644 valence electrons. The number of aromatic amines is 1. The van der Waals surface area contributed by atoms with Crippen LogP contribution in [-0.2, 0) is 43.3 Å². The summed E-state index contributed by atoms with van der Waals surface area (Å²) in [4.78, 5) is 52.8. The van der Waals surface area contributed by atoms with Crippen molar-refractivity contribution in [3.63, 3.8) is 0 Å². The van der Waals surface area contributed by atoms with E-state index < -0.39 is 0 Å². The molecule has 1 aliphatic carbocycles. The van der Waals surface area contributed by atoms with E-state index in [0.29, 0.717) is 10.8 Å². The maximum Gasteiger partial charge on any atom is 0.133 e. The normalized spacial score (nSPS) is 13.4. The van der Waals surface area contributed by atoms with Crippen LogP contribution in [0.4, 0.5) is 0 Å². The quantitative estimate of drug-likeness (QED) is 0.153. The lowest BCUT2D eigenvalue weighted by Gasteiger charge is -2.19. The van der Waals surface area contributed by atoms with Crippen LogP contribution in [0.3, 0.4) is 0 Å². The van der Waals surface area contributed by atoms with Crippen molar-refractivity contribution in [3.05, 3.63) is 265 Å². The third kappa shape index (κ3) is 49.6. The minimum absolute atomic E-state index is 0. The van der Waals surface area contributed by atoms with Crippen molar-refractivity contribution in [1.29, 1.82) is 0 Å². The Morgan fingerprint density at radius 2 is 0.735 bits per heavy atom. The summed E-state index contributed by atoms with van der Waals surface area (Å²) in [7, 11) is 0. The molecule has 0 spiro atoms. The van der Waals surface area contributed by atoms with Gasteiger partial charge in [-0.25, -0.2) is 19.9 Å². The monoisotopic (exact) mass is 1600 g/mol. The van der Waals surface area contributed by atoms with Crippen molar-refractivity contribution in [2.24, 2.45) is 41.6 Å². The topological polar surface area (TPSA) is 194 Å². The minimum atomic E-state index is 0. The second-order valence-corrected chi connectivity index (χ2v) is 40.9. The van der Waals surface area contributed by atoms with Crippen LogP contribution >= 0.6 is 0 Å². The van der Waals surface area contributed by atoms with E-state index in [1.807, 2.05) is 85.7 Å². The van der Waals surface area contributed by atoms with Gasteiger partial charge in [-0.05, 0) is 82.3 Å². The highest BCUT2D eigenvalue weighted by molar-refractivity contribution is 5.99. The molecule has 12 rings (SSSR count). The molecule has 3 aliphatic heterocycles. The third-order valence-electron chi connectivity index (χ3n) is 17.3. The first-order chi connectivity index (χ1) is 52.8. The molecule has 4 aliphatic rings. The van der Waals surface area contributed by atoms with Crippen molar-refractivity contribution < 1.29 is 0 Å². The fourth-order valence-electron chi connectivity index (χ4n) is 9.54. The summed E-state index contributed by atoms with van der Waals surface area (Å²) in [6.07, 6.45) is 40.9. The lowest BCUT2D eigenvalue weighted by molar-refractivity contribution is 0.496. The maximum absolute atomic E-state index is 4.25. The van der Waals surface area contributed by atoms with Gasteiger partial charge in [-0.3, -0.25) is 39.9 Å². The zero-order valence-electron chi connectivity index (χ0n) is 78.4. The van der Waals surface area contributed by atoms with E-state index in [9.17, 15) is 0 Å². The molecule has 8 aromatic rings. The van der Waals surface area contributed by atoms with Gasteiger partial charge in [0, 0.05) is 177 Å². The molecule has 1 N–H and O–H groups in total. The molecule has 0 saturated carbocycles. The lowest BCUT2D eigenvalue weighted by Crippen LogP contribution is -2.20. The summed E-state index contributed by atoms with van der Waals surface area (Å²) in [5, 5.41) is 7.80. The van der Waals surface area contributed by atoms with Gasteiger partial charge in [0.2, 0.25) is 0 Å². The van der Waals surface area contributed by atoms with Crippen LogP contribution < -0.4 is 0 Å². The average molecular weight is 1600 g/mol. The number of nitrogens with zero attached hydrogens (tertiary/aromatic N) is 14. The van der Waals surface area contributed by atoms with Gasteiger partial charge < -0.3 is 4.98 Å². The largest absolute Gasteiger partial charge is 0.348 e. The zero-order valence-corrected chi connectivity index (χ0v) is 78.4. The standard InChI is InChI=1S/C10H14.3C9H13N.C9H14.3C8H12N2.2C8H13N.2C7H12N2.2CH4/c1-10(2,3)9-7-5-4-6-8-9;1-9(2,3)8-5-4-6-10-7-8;2*1-9(2,3)8-6-4-5-7-10-8;1-9(2,3)8-6-4-5-7-8;1-8(2,3)7-6-9-4-5-10-7;1-8(2,3)7-9-5-4-6-10-7;1-8(2,3)7-5-4-6-9-10-7;2*1-8(2,3)7-5-4-6-9-7;1-7(2,3)6-4-8-5-9-6;1-7(2,3)6-8-4-5-9-6;;/h4-8H,1-3H3;3*4-7H,1-3H3;4-6H,7H2,1-3H3;3*4-6H,1-3H3;2*4,6H,5H2,1-3H3;5H,4H2,1-3H3;4-5H,1-3H3,(H,8,9);2*1H4. The van der Waals surface area contributed by atoms with Crippen molar-refractivity contribution in [2.75, 3.05) is 6.54 Å². The van der Waals surface area contributed by atoms with Crippen molar-refractivity contribution in [3.8, 4) is 0 Å². The molecule has 0 radical (unpaired) electrons. The number of nitrogens with one attached hydrogen (secondary N) is 1. The Hall–Kier alpha value is -9.24. The van der Waals surface area contributed by atoms with Crippen LogP contribution in [0.1, 0.15) is 329 Å². The predicted octanol–water partition coefficient (Wildman–Crippen LogP) is 27.6. The summed E-state index contributed by atoms with van der Waals surface area (Å²) < 4.78 is 0. The number of benzene rings is 1. The minimum Gasteiger partial charge on any atom is -0.348 e. The SMILES string of the molecule is C.C.CC(C)(C)C1=CC=CC1.CC(C)(C)C1=NC=CC1.CC(C)(C)C1=NC=CC1.CC(C)(C)C1=NC=NC1.CC(C)(C)c1ccccc1.CC(C)(C)c1ccccn1.CC(C)(C)c1ccccn1.CC(C)(C)c1cccnc1.CC(C)(C)c1cccnn1.CC(C)(C)c1cnccn1.CC(C)(C)c1ncc[nH]1.CC(C)(C)c1ncccn1. The molecule has 10 heterocycles. The van der Waals surface area contributed by atoms with Gasteiger partial charge in [-0.1, -0.05) is 349 Å². The fraction of sp³-hybridized carbons (Fsp3) is 0.529. The number of pyridine rings is 3. The molecule has 117 heavy (non-hydrogen) atoms. The summed E-state index contributed by atoms with van der Waals surface area (Å²) in [6, 6.07) is 32.4. The number of H-pyrrole nitrogens is 1. The second kappa shape index (κ2) is 50.5. The number of hydrogen-bond donors (Lipinski definition) is 1. The number of rotatable bonds is 0. The number of imidazole rings is 1. The Kier molecular flexibility index (Phi) is 47.4. The van der Waals surface area contributed by atoms with Gasteiger partial charge in [0.25, 0.3) is 0 Å². The van der Waals surface area contributed by atoms with Crippen LogP contribution in [0.5, 0.6) is 0 Å². The van der Waals surface area contributed by atoms with E-state index in [0.717, 1.165) is 60.2 Å². The number of allylic oxidation sites excluding steroid dienone is 6. The molecule has 0 fully saturated rings. The maximum atomic E-state index is 4.25. The highest BCUT2D eigenvalue weighted by Crippen LogP contribution is 2.31. The molecule has 15 heteroatoms. The van der Waals surface area contributed by atoms with Crippen LogP contribution in [0, 0.1) is 21.7 Å². The second-order valence-electron chi connectivity index (χ2n) is 40.9. The third-order valence-corrected chi connectivity index (χ3v) is 17.3. The summed E-state index contributed by atoms with van der Waals surface area (Å²) >= 11 is 0. The zero-order chi connectivity index (χ0) is 87.8. The summed E-state index contributed by atoms with van der Waals surface area (Å²) in [6.45, 7) is 78.8. The van der Waals surface area contributed by atoms with Crippen LogP contribution in [0.15, 0.2) is 240 Å². The first-order valence-electron chi connectivity index (χ1n) is 40.7. The van der Waals surface area contributed by atoms with Crippen LogP contribution in [0.2, 0.25) is 0 Å². The number of hydrogen-bond acceptors (Lipinski definition) is 14.